The monoisotopic (exact) mass is 430 g/mol. The lowest BCUT2D eigenvalue weighted by Gasteiger charge is -2.18. The van der Waals surface area contributed by atoms with E-state index in [0.29, 0.717) is 28.9 Å². The van der Waals surface area contributed by atoms with Gasteiger partial charge in [-0.3, -0.25) is 4.72 Å². The highest BCUT2D eigenvalue weighted by molar-refractivity contribution is 7.92. The second-order valence-corrected chi connectivity index (χ2v) is 10.4. The smallest absolute Gasteiger partial charge is 0.261 e. The van der Waals surface area contributed by atoms with E-state index in [0.717, 1.165) is 22.6 Å². The number of fused-ring (bicyclic) bond motifs is 1. The highest BCUT2D eigenvalue weighted by Gasteiger charge is 2.24. The summed E-state index contributed by atoms with van der Waals surface area (Å²) >= 11 is 1.28. The van der Waals surface area contributed by atoms with Crippen LogP contribution in [0.4, 0.5) is 10.8 Å². The average Bonchev–Trinajstić information content (AvgIpc) is 3.43. The van der Waals surface area contributed by atoms with Gasteiger partial charge in [0.1, 0.15) is 0 Å². The molecule has 6 nitrogen and oxygen atoms in total. The van der Waals surface area contributed by atoms with Gasteiger partial charge < -0.3 is 11.1 Å². The van der Waals surface area contributed by atoms with E-state index in [-0.39, 0.29) is 4.90 Å². The molecule has 8 heteroatoms. The van der Waals surface area contributed by atoms with Crippen molar-refractivity contribution in [2.75, 3.05) is 10.5 Å². The van der Waals surface area contributed by atoms with Crippen molar-refractivity contribution in [2.24, 2.45) is 5.92 Å². The number of hydrogen-bond donors (Lipinski definition) is 3. The maximum absolute atomic E-state index is 13.0. The number of para-hydroxylation sites is 1. The molecule has 1 atom stereocenters. The first kappa shape index (κ1) is 20.1. The van der Waals surface area contributed by atoms with Crippen LogP contribution >= 0.6 is 11.3 Å². The molecular formula is C21H26N4O2S2. The maximum Gasteiger partial charge on any atom is 0.261 e. The van der Waals surface area contributed by atoms with Gasteiger partial charge in [0.25, 0.3) is 10.0 Å². The predicted molar refractivity (Wildman–Crippen MR) is 120 cm³/mol. The number of nitrogens with zero attached hydrogens (tertiary/aromatic N) is 1. The average molecular weight is 431 g/mol. The molecule has 4 N–H and O–H groups in total. The molecule has 0 radical (unpaired) electrons. The van der Waals surface area contributed by atoms with Crippen LogP contribution in [0.2, 0.25) is 0 Å². The first-order chi connectivity index (χ1) is 13.9. The molecule has 154 valence electrons. The van der Waals surface area contributed by atoms with Gasteiger partial charge in [0, 0.05) is 12.6 Å². The van der Waals surface area contributed by atoms with E-state index in [1.807, 2.05) is 18.2 Å². The Hall–Kier alpha value is -2.16. The van der Waals surface area contributed by atoms with Crippen molar-refractivity contribution in [3.05, 3.63) is 48.0 Å². The molecule has 0 saturated heterocycles. The minimum Gasteiger partial charge on any atom is -0.375 e. The summed E-state index contributed by atoms with van der Waals surface area (Å²) in [5.74, 6) is 0.858. The van der Waals surface area contributed by atoms with Crippen LogP contribution in [0.25, 0.3) is 10.2 Å². The third kappa shape index (κ3) is 4.88. The van der Waals surface area contributed by atoms with Crippen LogP contribution in [0.5, 0.6) is 0 Å². The van der Waals surface area contributed by atoms with Crippen molar-refractivity contribution in [2.45, 2.75) is 50.1 Å². The molecule has 0 bridgehead atoms. The quantitative estimate of drug-likeness (QED) is 0.469. The van der Waals surface area contributed by atoms with E-state index in [9.17, 15) is 8.42 Å². The fourth-order valence-corrected chi connectivity index (χ4v) is 5.45. The van der Waals surface area contributed by atoms with Crippen LogP contribution < -0.4 is 15.8 Å². The Bertz CT molecular complexity index is 1110. The van der Waals surface area contributed by atoms with E-state index in [1.54, 1.807) is 24.3 Å². The maximum atomic E-state index is 13.0. The minimum atomic E-state index is -3.71. The van der Waals surface area contributed by atoms with Crippen molar-refractivity contribution in [1.29, 1.82) is 0 Å². The summed E-state index contributed by atoms with van der Waals surface area (Å²) in [6, 6.07) is 12.9. The standard InChI is InChI=1S/C21H26N4O2S2/c1-2-16(11-14-7-8-14)23-13-15-5-3-4-6-18(15)25-29(26,27)17-9-10-19-20(12-17)28-21(22)24-19/h3-6,9-10,12,14,16,23,25H,2,7-8,11,13H2,1H3,(H2,22,24)/t16-/m0/s1. The van der Waals surface area contributed by atoms with E-state index in [1.165, 1.54) is 30.6 Å². The van der Waals surface area contributed by atoms with Crippen LogP contribution in [0.3, 0.4) is 0 Å². The topological polar surface area (TPSA) is 97.1 Å². The van der Waals surface area contributed by atoms with E-state index < -0.39 is 10.0 Å². The minimum absolute atomic E-state index is 0.205. The summed E-state index contributed by atoms with van der Waals surface area (Å²) in [5, 5.41) is 4.02. The van der Waals surface area contributed by atoms with E-state index >= 15 is 0 Å². The molecule has 1 aliphatic rings. The first-order valence-corrected chi connectivity index (χ1v) is 12.2. The highest BCUT2D eigenvalue weighted by atomic mass is 32.2. The molecule has 0 aliphatic heterocycles. The summed E-state index contributed by atoms with van der Waals surface area (Å²) in [6.07, 6.45) is 4.94. The van der Waals surface area contributed by atoms with Crippen LogP contribution in [-0.4, -0.2) is 19.4 Å². The second kappa shape index (κ2) is 8.30. The number of rotatable bonds is 9. The summed E-state index contributed by atoms with van der Waals surface area (Å²) in [4.78, 5) is 4.39. The van der Waals surface area contributed by atoms with Crippen molar-refractivity contribution in [3.63, 3.8) is 0 Å². The van der Waals surface area contributed by atoms with Gasteiger partial charge in [0.05, 0.1) is 20.8 Å². The van der Waals surface area contributed by atoms with Crippen LogP contribution in [0.15, 0.2) is 47.4 Å². The number of anilines is 2. The lowest BCUT2D eigenvalue weighted by Crippen LogP contribution is -2.29. The molecule has 1 aliphatic carbocycles. The van der Waals surface area contributed by atoms with Gasteiger partial charge in [-0.1, -0.05) is 49.3 Å². The number of nitrogens with two attached hydrogens (primary N) is 1. The lowest BCUT2D eigenvalue weighted by atomic mass is 10.1. The summed E-state index contributed by atoms with van der Waals surface area (Å²) < 4.78 is 29.5. The fraction of sp³-hybridized carbons (Fsp3) is 0.381. The number of thiazole rings is 1. The molecule has 1 fully saturated rings. The largest absolute Gasteiger partial charge is 0.375 e. The van der Waals surface area contributed by atoms with Crippen LogP contribution in [-0.2, 0) is 16.6 Å². The Labute approximate surface area is 175 Å². The van der Waals surface area contributed by atoms with Crippen molar-refractivity contribution in [1.82, 2.24) is 10.3 Å². The summed E-state index contributed by atoms with van der Waals surface area (Å²) in [5.41, 5.74) is 7.98. The number of aromatic nitrogens is 1. The number of nitrogen functional groups attached to an aromatic ring is 1. The van der Waals surface area contributed by atoms with Gasteiger partial charge in [-0.2, -0.15) is 0 Å². The molecule has 0 spiro atoms. The van der Waals surface area contributed by atoms with Gasteiger partial charge in [0.2, 0.25) is 0 Å². The zero-order valence-electron chi connectivity index (χ0n) is 16.4. The third-order valence-corrected chi connectivity index (χ3v) is 7.55. The lowest BCUT2D eigenvalue weighted by molar-refractivity contribution is 0.445. The number of hydrogen-bond acceptors (Lipinski definition) is 6. The van der Waals surface area contributed by atoms with Crippen molar-refractivity contribution < 1.29 is 8.42 Å². The normalized spacial score (nSPS) is 15.5. The summed E-state index contributed by atoms with van der Waals surface area (Å²) in [7, 11) is -3.71. The molecule has 3 aromatic rings. The zero-order valence-corrected chi connectivity index (χ0v) is 18.0. The second-order valence-electron chi connectivity index (χ2n) is 7.61. The fourth-order valence-electron chi connectivity index (χ4n) is 3.47. The molecular weight excluding hydrogens is 404 g/mol. The van der Waals surface area contributed by atoms with Crippen LogP contribution in [0, 0.1) is 5.92 Å². The molecule has 1 heterocycles. The molecule has 1 aromatic heterocycles. The molecule has 29 heavy (non-hydrogen) atoms. The third-order valence-electron chi connectivity index (χ3n) is 5.34. The van der Waals surface area contributed by atoms with Gasteiger partial charge in [-0.15, -0.1) is 0 Å². The van der Waals surface area contributed by atoms with Gasteiger partial charge >= 0.3 is 0 Å². The highest BCUT2D eigenvalue weighted by Crippen LogP contribution is 2.34. The molecule has 1 saturated carbocycles. The van der Waals surface area contributed by atoms with Gasteiger partial charge in [-0.05, 0) is 48.6 Å². The Balaban J connectivity index is 1.51. The molecule has 0 unspecified atom stereocenters. The predicted octanol–water partition coefficient (Wildman–Crippen LogP) is 4.35. The number of nitrogens with one attached hydrogen (secondary N) is 2. The van der Waals surface area contributed by atoms with Gasteiger partial charge in [0.15, 0.2) is 5.13 Å². The number of sulfonamides is 1. The first-order valence-electron chi connectivity index (χ1n) is 9.95. The van der Waals surface area contributed by atoms with Crippen molar-refractivity contribution >= 4 is 42.4 Å². The Kier molecular flexibility index (Phi) is 5.76. The number of benzene rings is 2. The van der Waals surface area contributed by atoms with Gasteiger partial charge in [-0.25, -0.2) is 13.4 Å². The zero-order chi connectivity index (χ0) is 20.4. The molecule has 0 amide bonds. The van der Waals surface area contributed by atoms with Crippen LogP contribution in [0.1, 0.15) is 38.2 Å². The molecule has 4 rings (SSSR count). The summed E-state index contributed by atoms with van der Waals surface area (Å²) in [6.45, 7) is 2.82. The Morgan fingerprint density at radius 2 is 2.03 bits per heavy atom. The van der Waals surface area contributed by atoms with E-state index in [2.05, 4.69) is 21.9 Å². The molecule has 2 aromatic carbocycles. The Morgan fingerprint density at radius 3 is 2.79 bits per heavy atom. The SMILES string of the molecule is CC[C@@H](CC1CC1)NCc1ccccc1NS(=O)(=O)c1ccc2nc(N)sc2c1. The van der Waals surface area contributed by atoms with Crippen molar-refractivity contribution in [3.8, 4) is 0 Å². The Morgan fingerprint density at radius 1 is 1.24 bits per heavy atom. The van der Waals surface area contributed by atoms with E-state index in [4.69, 9.17) is 5.73 Å².